The predicted octanol–water partition coefficient (Wildman–Crippen LogP) is 7.59. The zero-order chi connectivity index (χ0) is 26.8. The van der Waals surface area contributed by atoms with Crippen molar-refractivity contribution < 1.29 is 18.3 Å². The van der Waals surface area contributed by atoms with Crippen LogP contribution in [-0.4, -0.2) is 20.7 Å². The Labute approximate surface area is 218 Å². The molecule has 1 heterocycles. The lowest BCUT2D eigenvalue weighted by Gasteiger charge is -2.34. The number of esters is 1. The van der Waals surface area contributed by atoms with Crippen molar-refractivity contribution in [3.05, 3.63) is 59.9 Å². The van der Waals surface area contributed by atoms with E-state index in [9.17, 15) is 4.79 Å². The van der Waals surface area contributed by atoms with Crippen molar-refractivity contribution in [3.63, 3.8) is 0 Å². The fraction of sp³-hybridized carbons (Fsp3) is 0.500. The maximum atomic E-state index is 15.0. The van der Waals surface area contributed by atoms with E-state index in [2.05, 4.69) is 23.9 Å². The lowest BCUT2D eigenvalue weighted by molar-refractivity contribution is -0.157. The minimum atomic E-state index is -0.606. The highest BCUT2D eigenvalue weighted by Crippen LogP contribution is 2.40. The fourth-order valence-electron chi connectivity index (χ4n) is 4.77. The summed E-state index contributed by atoms with van der Waals surface area (Å²) in [5.74, 6) is -0.365. The molecule has 198 valence electrons. The SMILES string of the molecule is CC1(C)CCC(CCc2c(F)cc(-c3cccc(-c4ncn(COC(=O)C(C)(C)C)n4)c3)cc2F)CC1. The second-order valence-corrected chi connectivity index (χ2v) is 12.1. The third-order valence-corrected chi connectivity index (χ3v) is 7.33. The minimum Gasteiger partial charge on any atom is -0.442 e. The molecule has 5 nitrogen and oxygen atoms in total. The molecule has 0 saturated heterocycles. The van der Waals surface area contributed by atoms with E-state index in [-0.39, 0.29) is 18.3 Å². The minimum absolute atomic E-state index is 0.0424. The number of rotatable bonds is 7. The Kier molecular flexibility index (Phi) is 7.81. The van der Waals surface area contributed by atoms with Gasteiger partial charge in [-0.2, -0.15) is 0 Å². The zero-order valence-corrected chi connectivity index (χ0v) is 22.5. The summed E-state index contributed by atoms with van der Waals surface area (Å²) < 4.78 is 36.8. The topological polar surface area (TPSA) is 57.0 Å². The van der Waals surface area contributed by atoms with Gasteiger partial charge in [-0.25, -0.2) is 18.4 Å². The van der Waals surface area contributed by atoms with Crippen molar-refractivity contribution in [2.45, 2.75) is 79.9 Å². The van der Waals surface area contributed by atoms with Crippen molar-refractivity contribution >= 4 is 5.97 Å². The third kappa shape index (κ3) is 6.82. The normalized spacial score (nSPS) is 16.1. The molecule has 1 aliphatic rings. The molecule has 0 spiro atoms. The molecular formula is C30H37F2N3O2. The highest BCUT2D eigenvalue weighted by molar-refractivity contribution is 5.75. The van der Waals surface area contributed by atoms with Gasteiger partial charge in [0, 0.05) is 11.1 Å². The number of benzene rings is 2. The second kappa shape index (κ2) is 10.7. The zero-order valence-electron chi connectivity index (χ0n) is 22.5. The van der Waals surface area contributed by atoms with E-state index in [1.165, 1.54) is 36.0 Å². The van der Waals surface area contributed by atoms with Crippen LogP contribution >= 0.6 is 0 Å². The van der Waals surface area contributed by atoms with E-state index in [0.717, 1.165) is 19.3 Å². The van der Waals surface area contributed by atoms with Crippen LogP contribution in [0.2, 0.25) is 0 Å². The van der Waals surface area contributed by atoms with Gasteiger partial charge in [-0.3, -0.25) is 4.79 Å². The first-order valence-electron chi connectivity index (χ1n) is 13.1. The van der Waals surface area contributed by atoms with Gasteiger partial charge in [0.15, 0.2) is 12.6 Å². The monoisotopic (exact) mass is 509 g/mol. The van der Waals surface area contributed by atoms with Crippen molar-refractivity contribution in [3.8, 4) is 22.5 Å². The van der Waals surface area contributed by atoms with Gasteiger partial charge < -0.3 is 4.74 Å². The van der Waals surface area contributed by atoms with Gasteiger partial charge in [-0.1, -0.05) is 32.0 Å². The molecule has 0 amide bonds. The molecule has 3 aromatic rings. The van der Waals surface area contributed by atoms with Gasteiger partial charge >= 0.3 is 5.97 Å². The van der Waals surface area contributed by atoms with E-state index in [0.29, 0.717) is 40.3 Å². The number of halogens is 2. The van der Waals surface area contributed by atoms with E-state index in [4.69, 9.17) is 4.74 Å². The molecule has 0 N–H and O–H groups in total. The first-order valence-corrected chi connectivity index (χ1v) is 13.1. The summed E-state index contributed by atoms with van der Waals surface area (Å²) in [4.78, 5) is 16.3. The number of hydrogen-bond acceptors (Lipinski definition) is 4. The van der Waals surface area contributed by atoms with Gasteiger partial charge in [0.1, 0.15) is 18.0 Å². The molecule has 7 heteroatoms. The van der Waals surface area contributed by atoms with E-state index in [1.54, 1.807) is 32.9 Å². The Morgan fingerprint density at radius 1 is 1.05 bits per heavy atom. The Morgan fingerprint density at radius 2 is 1.70 bits per heavy atom. The summed E-state index contributed by atoms with van der Waals surface area (Å²) in [5, 5.41) is 4.38. The molecular weight excluding hydrogens is 472 g/mol. The molecule has 0 atom stereocenters. The van der Waals surface area contributed by atoms with Gasteiger partial charge in [0.2, 0.25) is 0 Å². The maximum absolute atomic E-state index is 15.0. The largest absolute Gasteiger partial charge is 0.442 e. The Morgan fingerprint density at radius 3 is 2.35 bits per heavy atom. The number of ether oxygens (including phenoxy) is 1. The average Bonchev–Trinajstić information content (AvgIpc) is 3.31. The molecule has 2 aromatic carbocycles. The maximum Gasteiger partial charge on any atom is 0.313 e. The van der Waals surface area contributed by atoms with Gasteiger partial charge in [0.05, 0.1) is 5.41 Å². The number of hydrogen-bond donors (Lipinski definition) is 0. The Hall–Kier alpha value is -3.09. The molecule has 37 heavy (non-hydrogen) atoms. The molecule has 1 fully saturated rings. The smallest absolute Gasteiger partial charge is 0.313 e. The fourth-order valence-corrected chi connectivity index (χ4v) is 4.77. The van der Waals surface area contributed by atoms with Crippen molar-refractivity contribution in [2.75, 3.05) is 0 Å². The van der Waals surface area contributed by atoms with Crippen LogP contribution in [0.4, 0.5) is 8.78 Å². The lowest BCUT2D eigenvalue weighted by atomic mass is 9.72. The average molecular weight is 510 g/mol. The van der Waals surface area contributed by atoms with Gasteiger partial charge in [-0.05, 0) is 100.0 Å². The standard InChI is InChI=1S/C30H37F2N3O2/c1-29(2,3)28(36)37-19-35-18-33-27(34-35)22-8-6-7-21(15-22)23-16-25(31)24(26(32)17-23)10-9-20-11-13-30(4,5)14-12-20/h6-8,15-18,20H,9-14,19H2,1-5H3. The van der Waals surface area contributed by atoms with Crippen molar-refractivity contribution in [1.82, 2.24) is 14.8 Å². The number of nitrogens with zero attached hydrogens (tertiary/aromatic N) is 3. The Bertz CT molecular complexity index is 1230. The Balaban J connectivity index is 1.44. The summed E-state index contributed by atoms with van der Waals surface area (Å²) in [6.07, 6.45) is 7.33. The molecule has 0 bridgehead atoms. The van der Waals surface area contributed by atoms with Crippen LogP contribution in [0.15, 0.2) is 42.7 Å². The molecule has 0 unspecified atom stereocenters. The first kappa shape index (κ1) is 27.0. The van der Waals surface area contributed by atoms with Crippen LogP contribution in [0.5, 0.6) is 0 Å². The third-order valence-electron chi connectivity index (χ3n) is 7.33. The molecule has 4 rings (SSSR count). The summed E-state index contributed by atoms with van der Waals surface area (Å²) in [6.45, 7) is 9.89. The van der Waals surface area contributed by atoms with Crippen LogP contribution in [0.1, 0.15) is 72.3 Å². The number of aromatic nitrogens is 3. The quantitative estimate of drug-likeness (QED) is 0.308. The van der Waals surface area contributed by atoms with Crippen molar-refractivity contribution in [1.29, 1.82) is 0 Å². The molecule has 0 radical (unpaired) electrons. The molecule has 1 aliphatic carbocycles. The van der Waals surface area contributed by atoms with E-state index >= 15 is 8.78 Å². The van der Waals surface area contributed by atoms with Crippen molar-refractivity contribution in [2.24, 2.45) is 16.7 Å². The summed E-state index contributed by atoms with van der Waals surface area (Å²) >= 11 is 0. The van der Waals surface area contributed by atoms with Crippen LogP contribution in [0.25, 0.3) is 22.5 Å². The van der Waals surface area contributed by atoms with Gasteiger partial charge in [0.25, 0.3) is 0 Å². The lowest BCUT2D eigenvalue weighted by Crippen LogP contribution is -2.24. The highest BCUT2D eigenvalue weighted by atomic mass is 19.1. The first-order chi connectivity index (χ1) is 17.4. The van der Waals surface area contributed by atoms with Crippen LogP contribution in [0, 0.1) is 28.4 Å². The molecule has 1 saturated carbocycles. The van der Waals surface area contributed by atoms with Gasteiger partial charge in [-0.15, -0.1) is 5.10 Å². The van der Waals surface area contributed by atoms with E-state index in [1.807, 2.05) is 12.1 Å². The van der Waals surface area contributed by atoms with Crippen LogP contribution < -0.4 is 0 Å². The summed E-state index contributed by atoms with van der Waals surface area (Å²) in [5.41, 5.74) is 1.80. The number of carbonyl (C=O) groups is 1. The number of carbonyl (C=O) groups excluding carboxylic acids is 1. The summed E-state index contributed by atoms with van der Waals surface area (Å²) in [7, 11) is 0. The highest BCUT2D eigenvalue weighted by Gasteiger charge is 2.27. The second-order valence-electron chi connectivity index (χ2n) is 12.1. The predicted molar refractivity (Wildman–Crippen MR) is 140 cm³/mol. The van der Waals surface area contributed by atoms with Crippen LogP contribution in [0.3, 0.4) is 0 Å². The summed E-state index contributed by atoms with van der Waals surface area (Å²) in [6, 6.07) is 10.1. The molecule has 1 aromatic heterocycles. The molecule has 0 aliphatic heterocycles. The van der Waals surface area contributed by atoms with E-state index < -0.39 is 17.0 Å². The van der Waals surface area contributed by atoms with Crippen LogP contribution in [-0.2, 0) is 22.7 Å².